The molecule has 11 nitrogen and oxygen atoms in total. The second-order valence-corrected chi connectivity index (χ2v) is 9.45. The Hall–Kier alpha value is -3.76. The van der Waals surface area contributed by atoms with Crippen molar-refractivity contribution in [1.82, 2.24) is 25.8 Å². The molecular weight excluding hydrogens is 466 g/mol. The number of carbonyl (C=O) groups is 6. The van der Waals surface area contributed by atoms with Crippen LogP contribution in [0.3, 0.4) is 0 Å². The van der Waals surface area contributed by atoms with E-state index in [1.807, 2.05) is 32.9 Å². The first kappa shape index (κ1) is 26.8. The summed E-state index contributed by atoms with van der Waals surface area (Å²) < 4.78 is 0. The number of hydrogen-bond acceptors (Lipinski definition) is 6. The van der Waals surface area contributed by atoms with Gasteiger partial charge >= 0.3 is 6.03 Å². The van der Waals surface area contributed by atoms with E-state index in [4.69, 9.17) is 0 Å². The number of aryl methyl sites for hydroxylation is 3. The number of rotatable bonds is 8. The van der Waals surface area contributed by atoms with Crippen molar-refractivity contribution >= 4 is 35.8 Å². The van der Waals surface area contributed by atoms with Gasteiger partial charge in [0, 0.05) is 19.4 Å². The molecule has 194 valence electrons. The molecule has 0 radical (unpaired) electrons. The van der Waals surface area contributed by atoms with E-state index < -0.39 is 29.9 Å². The zero-order chi connectivity index (χ0) is 26.6. The van der Waals surface area contributed by atoms with Gasteiger partial charge in [0.1, 0.15) is 18.1 Å². The lowest BCUT2D eigenvalue weighted by Crippen LogP contribution is -2.64. The molecule has 0 bridgehead atoms. The number of Topliss-reactive ketones (excluding diaryl/α,β-unsaturated/α-hetero) is 1. The molecule has 0 aromatic heterocycles. The summed E-state index contributed by atoms with van der Waals surface area (Å²) in [6.45, 7) is 7.34. The summed E-state index contributed by atoms with van der Waals surface area (Å²) in [5, 5.41) is 5.86. The van der Waals surface area contributed by atoms with Crippen molar-refractivity contribution in [2.45, 2.75) is 71.9 Å². The van der Waals surface area contributed by atoms with E-state index in [1.54, 1.807) is 0 Å². The summed E-state index contributed by atoms with van der Waals surface area (Å²) in [5.41, 5.74) is 6.49. The van der Waals surface area contributed by atoms with Crippen molar-refractivity contribution in [3.63, 3.8) is 0 Å². The molecule has 3 rings (SSSR count). The number of urea groups is 1. The van der Waals surface area contributed by atoms with Crippen LogP contribution in [0.2, 0.25) is 0 Å². The second-order valence-electron chi connectivity index (χ2n) is 9.45. The lowest BCUT2D eigenvalue weighted by atomic mass is 9.97. The third kappa shape index (κ3) is 6.07. The van der Waals surface area contributed by atoms with Gasteiger partial charge in [-0.05, 0) is 57.2 Å². The second kappa shape index (κ2) is 11.3. The number of amides is 5. The van der Waals surface area contributed by atoms with Crippen LogP contribution in [-0.4, -0.2) is 76.0 Å². The van der Waals surface area contributed by atoms with E-state index in [-0.39, 0.29) is 50.5 Å². The normalized spacial score (nSPS) is 18.8. The molecule has 0 spiro atoms. The summed E-state index contributed by atoms with van der Waals surface area (Å²) >= 11 is 0. The van der Waals surface area contributed by atoms with Crippen molar-refractivity contribution in [1.29, 1.82) is 0 Å². The number of benzene rings is 1. The van der Waals surface area contributed by atoms with Gasteiger partial charge in [-0.3, -0.25) is 24.6 Å². The Morgan fingerprint density at radius 3 is 2.39 bits per heavy atom. The molecule has 2 N–H and O–H groups in total. The number of hydrogen-bond donors (Lipinski definition) is 2. The summed E-state index contributed by atoms with van der Waals surface area (Å²) in [6, 6.07) is 1.17. The van der Waals surface area contributed by atoms with E-state index in [1.165, 1.54) is 11.9 Å². The van der Waals surface area contributed by atoms with Crippen molar-refractivity contribution in [2.24, 2.45) is 0 Å². The first-order valence-electron chi connectivity index (χ1n) is 12.0. The molecule has 2 aliphatic heterocycles. The highest BCUT2D eigenvalue weighted by atomic mass is 16.2. The van der Waals surface area contributed by atoms with Crippen LogP contribution in [-0.2, 0) is 30.4 Å². The fraction of sp³-hybridized carbons (Fsp3) is 0.520. The maximum atomic E-state index is 13.5. The molecule has 0 unspecified atom stereocenters. The van der Waals surface area contributed by atoms with Crippen LogP contribution in [0.4, 0.5) is 4.79 Å². The summed E-state index contributed by atoms with van der Waals surface area (Å²) in [6.07, 6.45) is 1.06. The maximum Gasteiger partial charge on any atom is 0.358 e. The van der Waals surface area contributed by atoms with Gasteiger partial charge in [-0.15, -0.1) is 0 Å². The van der Waals surface area contributed by atoms with Gasteiger partial charge in [-0.2, -0.15) is 0 Å². The summed E-state index contributed by atoms with van der Waals surface area (Å²) in [7, 11) is 0. The Labute approximate surface area is 210 Å². The third-order valence-corrected chi connectivity index (χ3v) is 6.41. The van der Waals surface area contributed by atoms with Gasteiger partial charge in [-0.25, -0.2) is 19.8 Å². The van der Waals surface area contributed by atoms with Crippen molar-refractivity contribution < 1.29 is 28.8 Å². The Bertz CT molecular complexity index is 1060. The third-order valence-electron chi connectivity index (χ3n) is 6.41. The smallest absolute Gasteiger partial charge is 0.344 e. The average molecular weight is 500 g/mol. The SMILES string of the molecule is CC(=O)C[C@@H](C=O)NC(=O)[C@@H]1CCCN2C(=O)CCN(NC(=O)Cc3c(C)cc(C)cc3C)C(=O)N12. The van der Waals surface area contributed by atoms with Crippen LogP contribution in [0.15, 0.2) is 12.1 Å². The number of aldehydes is 1. The van der Waals surface area contributed by atoms with E-state index in [0.29, 0.717) is 12.7 Å². The molecule has 2 saturated heterocycles. The van der Waals surface area contributed by atoms with Crippen LogP contribution in [0.25, 0.3) is 0 Å². The van der Waals surface area contributed by atoms with Crippen molar-refractivity contribution in [3.05, 3.63) is 34.4 Å². The molecule has 1 aromatic rings. The van der Waals surface area contributed by atoms with E-state index in [0.717, 1.165) is 32.3 Å². The maximum absolute atomic E-state index is 13.5. The quantitative estimate of drug-likeness (QED) is 0.510. The largest absolute Gasteiger partial charge is 0.358 e. The molecule has 1 aromatic carbocycles. The predicted molar refractivity (Wildman–Crippen MR) is 129 cm³/mol. The monoisotopic (exact) mass is 499 g/mol. The molecule has 0 aliphatic carbocycles. The highest BCUT2D eigenvalue weighted by molar-refractivity contribution is 5.93. The van der Waals surface area contributed by atoms with E-state index in [9.17, 15) is 28.8 Å². The van der Waals surface area contributed by atoms with Crippen LogP contribution in [0.1, 0.15) is 54.9 Å². The number of ketones is 1. The van der Waals surface area contributed by atoms with Crippen LogP contribution in [0.5, 0.6) is 0 Å². The summed E-state index contributed by atoms with van der Waals surface area (Å²) in [4.78, 5) is 74.9. The standard InChI is InChI=1S/C25H33N5O6/c1-15-10-16(2)20(17(3)11-15)13-22(33)27-28-9-7-23(34)29-8-5-6-21(30(29)25(28)36)24(35)26-19(14-31)12-18(4)32/h10-11,14,19,21H,5-9,12-13H2,1-4H3,(H,26,35)(H,27,33)/t19-,21-/m0/s1. The Kier molecular flexibility index (Phi) is 8.44. The molecule has 11 heteroatoms. The van der Waals surface area contributed by atoms with Crippen molar-refractivity contribution in [3.8, 4) is 0 Å². The number of fused-ring (bicyclic) bond motifs is 1. The van der Waals surface area contributed by atoms with E-state index >= 15 is 0 Å². The zero-order valence-corrected chi connectivity index (χ0v) is 21.1. The number of hydrazine groups is 2. The number of carbonyl (C=O) groups excluding carboxylic acids is 6. The molecule has 2 aliphatic rings. The molecule has 2 atom stereocenters. The Morgan fingerprint density at radius 1 is 1.11 bits per heavy atom. The van der Waals surface area contributed by atoms with Gasteiger partial charge in [0.2, 0.25) is 17.7 Å². The van der Waals surface area contributed by atoms with Gasteiger partial charge in [0.05, 0.1) is 19.0 Å². The topological polar surface area (TPSA) is 136 Å². The molecular formula is C25H33N5O6. The highest BCUT2D eigenvalue weighted by Gasteiger charge is 2.44. The van der Waals surface area contributed by atoms with Crippen LogP contribution >= 0.6 is 0 Å². The number of nitrogens with one attached hydrogen (secondary N) is 2. The molecule has 2 heterocycles. The van der Waals surface area contributed by atoms with Gasteiger partial charge in [0.25, 0.3) is 0 Å². The molecule has 5 amide bonds. The fourth-order valence-electron chi connectivity index (χ4n) is 4.78. The van der Waals surface area contributed by atoms with Gasteiger partial charge < -0.3 is 10.1 Å². The number of nitrogens with zero attached hydrogens (tertiary/aromatic N) is 3. The highest BCUT2D eigenvalue weighted by Crippen LogP contribution is 2.24. The van der Waals surface area contributed by atoms with Gasteiger partial charge in [-0.1, -0.05) is 17.7 Å². The molecule has 0 saturated carbocycles. The van der Waals surface area contributed by atoms with E-state index in [2.05, 4.69) is 10.7 Å². The minimum absolute atomic E-state index is 0.0270. The lowest BCUT2D eigenvalue weighted by molar-refractivity contribution is -0.155. The van der Waals surface area contributed by atoms with Crippen LogP contribution < -0.4 is 10.7 Å². The predicted octanol–water partition coefficient (Wildman–Crippen LogP) is 0.882. The summed E-state index contributed by atoms with van der Waals surface area (Å²) in [5.74, 6) is -1.68. The first-order valence-corrected chi connectivity index (χ1v) is 12.0. The fourth-order valence-corrected chi connectivity index (χ4v) is 4.78. The Morgan fingerprint density at radius 2 is 1.78 bits per heavy atom. The first-order chi connectivity index (χ1) is 17.0. The van der Waals surface area contributed by atoms with Gasteiger partial charge in [0.15, 0.2) is 0 Å². The average Bonchev–Trinajstić information content (AvgIpc) is 2.92. The minimum Gasteiger partial charge on any atom is -0.344 e. The van der Waals surface area contributed by atoms with Crippen LogP contribution in [0, 0.1) is 20.8 Å². The Balaban J connectivity index is 1.78. The zero-order valence-electron chi connectivity index (χ0n) is 21.1. The minimum atomic E-state index is -1.07. The van der Waals surface area contributed by atoms with Crippen molar-refractivity contribution in [2.75, 3.05) is 13.1 Å². The molecule has 36 heavy (non-hydrogen) atoms. The molecule has 2 fully saturated rings. The lowest BCUT2D eigenvalue weighted by Gasteiger charge is -2.43.